The summed E-state index contributed by atoms with van der Waals surface area (Å²) >= 11 is 1.34. The van der Waals surface area contributed by atoms with E-state index in [9.17, 15) is 9.59 Å². The molecule has 0 spiro atoms. The molecule has 6 nitrogen and oxygen atoms in total. The number of thioether (sulfide) groups is 1. The molecule has 32 heavy (non-hydrogen) atoms. The van der Waals surface area contributed by atoms with Crippen LogP contribution in [0.4, 0.5) is 0 Å². The SMILES string of the molecule is CCCCOCCCN1C(=O)C(SCc2ccco2)=C(c2ccc(OCCC)cc2)C1=O. The summed E-state index contributed by atoms with van der Waals surface area (Å²) in [5, 5.41) is 0. The predicted octanol–water partition coefficient (Wildman–Crippen LogP) is 5.29. The molecule has 0 radical (unpaired) electrons. The van der Waals surface area contributed by atoms with Gasteiger partial charge in [0.25, 0.3) is 11.8 Å². The van der Waals surface area contributed by atoms with Crippen LogP contribution in [-0.4, -0.2) is 43.1 Å². The number of furan rings is 1. The number of carbonyl (C=O) groups is 2. The molecule has 2 amide bonds. The second-order valence-corrected chi connectivity index (χ2v) is 8.51. The van der Waals surface area contributed by atoms with E-state index in [1.165, 1.54) is 16.7 Å². The zero-order chi connectivity index (χ0) is 22.8. The second-order valence-electron chi connectivity index (χ2n) is 7.53. The van der Waals surface area contributed by atoms with Crippen LogP contribution in [0.25, 0.3) is 5.57 Å². The standard InChI is InChI=1S/C25H31NO5S/c1-3-5-15-29-16-7-13-26-24(27)22(19-9-11-20(12-10-19)30-14-4-2)23(25(26)28)32-18-21-8-6-17-31-21/h6,8-12,17H,3-5,7,13-16,18H2,1-2H3. The van der Waals surface area contributed by atoms with Crippen LogP contribution in [0.1, 0.15) is 50.9 Å². The number of hydrogen-bond acceptors (Lipinski definition) is 6. The smallest absolute Gasteiger partial charge is 0.267 e. The molecule has 0 N–H and O–H groups in total. The highest BCUT2D eigenvalue weighted by Crippen LogP contribution is 2.38. The number of benzene rings is 1. The minimum Gasteiger partial charge on any atom is -0.494 e. The van der Waals surface area contributed by atoms with Crippen molar-refractivity contribution in [2.75, 3.05) is 26.4 Å². The van der Waals surface area contributed by atoms with Gasteiger partial charge in [0.05, 0.1) is 29.1 Å². The lowest BCUT2D eigenvalue weighted by Crippen LogP contribution is -2.33. The summed E-state index contributed by atoms with van der Waals surface area (Å²) in [7, 11) is 0. The van der Waals surface area contributed by atoms with Crippen molar-refractivity contribution in [1.82, 2.24) is 4.90 Å². The van der Waals surface area contributed by atoms with Crippen LogP contribution in [-0.2, 0) is 20.1 Å². The first-order chi connectivity index (χ1) is 15.7. The molecule has 0 unspecified atom stereocenters. The largest absolute Gasteiger partial charge is 0.494 e. The number of carbonyl (C=O) groups excluding carboxylic acids is 2. The Morgan fingerprint density at radius 2 is 1.72 bits per heavy atom. The van der Waals surface area contributed by atoms with Gasteiger partial charge in [0.1, 0.15) is 11.5 Å². The molecule has 3 rings (SSSR count). The molecule has 1 aromatic heterocycles. The van der Waals surface area contributed by atoms with Crippen molar-refractivity contribution in [2.24, 2.45) is 0 Å². The number of rotatable bonds is 14. The van der Waals surface area contributed by atoms with Gasteiger partial charge in [-0.2, -0.15) is 0 Å². The Labute approximate surface area is 193 Å². The number of nitrogens with zero attached hydrogens (tertiary/aromatic N) is 1. The molecule has 0 bridgehead atoms. The maximum absolute atomic E-state index is 13.2. The Balaban J connectivity index is 1.74. The van der Waals surface area contributed by atoms with E-state index in [-0.39, 0.29) is 11.8 Å². The maximum atomic E-state index is 13.2. The number of amides is 2. The molecule has 0 aliphatic carbocycles. The van der Waals surface area contributed by atoms with E-state index in [4.69, 9.17) is 13.9 Å². The van der Waals surface area contributed by atoms with Crippen molar-refractivity contribution in [3.63, 3.8) is 0 Å². The molecule has 0 saturated carbocycles. The Morgan fingerprint density at radius 1 is 0.938 bits per heavy atom. The van der Waals surface area contributed by atoms with Crippen LogP contribution in [0.15, 0.2) is 52.0 Å². The average molecular weight is 458 g/mol. The Hall–Kier alpha value is -2.51. The Morgan fingerprint density at radius 3 is 2.41 bits per heavy atom. The number of hydrogen-bond donors (Lipinski definition) is 0. The van der Waals surface area contributed by atoms with E-state index < -0.39 is 0 Å². The van der Waals surface area contributed by atoms with Crippen molar-refractivity contribution in [3.05, 3.63) is 58.9 Å². The summed E-state index contributed by atoms with van der Waals surface area (Å²) < 4.78 is 16.6. The summed E-state index contributed by atoms with van der Waals surface area (Å²) in [5.41, 5.74) is 1.16. The molecule has 0 fully saturated rings. The zero-order valence-electron chi connectivity index (χ0n) is 18.8. The maximum Gasteiger partial charge on any atom is 0.267 e. The highest BCUT2D eigenvalue weighted by Gasteiger charge is 2.38. The topological polar surface area (TPSA) is 69.0 Å². The summed E-state index contributed by atoms with van der Waals surface area (Å²) in [5.74, 6) is 1.48. The van der Waals surface area contributed by atoms with Crippen molar-refractivity contribution in [1.29, 1.82) is 0 Å². The van der Waals surface area contributed by atoms with Crippen LogP contribution in [0.3, 0.4) is 0 Å². The normalized spacial score (nSPS) is 14.0. The van der Waals surface area contributed by atoms with E-state index >= 15 is 0 Å². The molecule has 1 aromatic carbocycles. The van der Waals surface area contributed by atoms with Gasteiger partial charge in [-0.05, 0) is 49.1 Å². The van der Waals surface area contributed by atoms with Gasteiger partial charge in [-0.25, -0.2) is 0 Å². The van der Waals surface area contributed by atoms with Gasteiger partial charge in [0, 0.05) is 19.8 Å². The van der Waals surface area contributed by atoms with Crippen molar-refractivity contribution < 1.29 is 23.5 Å². The lowest BCUT2D eigenvalue weighted by molar-refractivity contribution is -0.136. The summed E-state index contributed by atoms with van der Waals surface area (Å²) in [6.45, 7) is 6.38. The fourth-order valence-electron chi connectivity index (χ4n) is 3.29. The molecular weight excluding hydrogens is 426 g/mol. The first-order valence-corrected chi connectivity index (χ1v) is 12.2. The van der Waals surface area contributed by atoms with E-state index in [2.05, 4.69) is 6.92 Å². The van der Waals surface area contributed by atoms with Crippen LogP contribution >= 0.6 is 11.8 Å². The first-order valence-electron chi connectivity index (χ1n) is 11.2. The van der Waals surface area contributed by atoms with Crippen molar-refractivity contribution in [2.45, 2.75) is 45.3 Å². The second kappa shape index (κ2) is 12.5. The fraction of sp³-hybridized carbons (Fsp3) is 0.440. The lowest BCUT2D eigenvalue weighted by Gasteiger charge is -2.15. The summed E-state index contributed by atoms with van der Waals surface area (Å²) in [4.78, 5) is 28.2. The molecular formula is C25H31NO5S. The number of ether oxygens (including phenoxy) is 2. The van der Waals surface area contributed by atoms with E-state index in [0.717, 1.165) is 36.3 Å². The quantitative estimate of drug-likeness (QED) is 0.284. The predicted molar refractivity (Wildman–Crippen MR) is 126 cm³/mol. The van der Waals surface area contributed by atoms with Gasteiger partial charge in [0.15, 0.2) is 0 Å². The lowest BCUT2D eigenvalue weighted by atomic mass is 10.1. The fourth-order valence-corrected chi connectivity index (χ4v) is 4.33. The van der Waals surface area contributed by atoms with Crippen molar-refractivity contribution >= 4 is 29.1 Å². The molecule has 0 atom stereocenters. The molecule has 0 saturated heterocycles. The molecule has 172 valence electrons. The van der Waals surface area contributed by atoms with E-state index in [0.29, 0.717) is 49.0 Å². The third-order valence-electron chi connectivity index (χ3n) is 4.99. The minimum atomic E-state index is -0.257. The third-order valence-corrected chi connectivity index (χ3v) is 6.09. The van der Waals surface area contributed by atoms with Gasteiger partial charge in [-0.1, -0.05) is 32.4 Å². The van der Waals surface area contributed by atoms with Crippen LogP contribution < -0.4 is 4.74 Å². The van der Waals surface area contributed by atoms with Gasteiger partial charge < -0.3 is 13.9 Å². The third kappa shape index (κ3) is 6.26. The summed E-state index contributed by atoms with van der Waals surface area (Å²) in [6.07, 6.45) is 5.24. The van der Waals surface area contributed by atoms with Gasteiger partial charge in [-0.3, -0.25) is 14.5 Å². The van der Waals surface area contributed by atoms with Crippen LogP contribution in [0.2, 0.25) is 0 Å². The van der Waals surface area contributed by atoms with Gasteiger partial charge in [0.2, 0.25) is 0 Å². The highest BCUT2D eigenvalue weighted by molar-refractivity contribution is 8.03. The van der Waals surface area contributed by atoms with Gasteiger partial charge >= 0.3 is 0 Å². The number of unbranched alkanes of at least 4 members (excludes halogenated alkanes) is 1. The van der Waals surface area contributed by atoms with Gasteiger partial charge in [-0.15, -0.1) is 11.8 Å². The molecule has 2 aromatic rings. The monoisotopic (exact) mass is 457 g/mol. The zero-order valence-corrected chi connectivity index (χ0v) is 19.6. The number of imide groups is 1. The Kier molecular flexibility index (Phi) is 9.43. The molecule has 7 heteroatoms. The highest BCUT2D eigenvalue weighted by atomic mass is 32.2. The average Bonchev–Trinajstić information content (AvgIpc) is 3.40. The minimum absolute atomic E-state index is 0.249. The van der Waals surface area contributed by atoms with E-state index in [1.54, 1.807) is 6.26 Å². The molecule has 2 heterocycles. The molecule has 1 aliphatic rings. The Bertz CT molecular complexity index is 905. The van der Waals surface area contributed by atoms with Crippen molar-refractivity contribution in [3.8, 4) is 5.75 Å². The van der Waals surface area contributed by atoms with Crippen LogP contribution in [0.5, 0.6) is 5.75 Å². The van der Waals surface area contributed by atoms with Crippen LogP contribution in [0, 0.1) is 0 Å². The summed E-state index contributed by atoms with van der Waals surface area (Å²) in [6, 6.07) is 11.0. The molecule has 1 aliphatic heterocycles. The van der Waals surface area contributed by atoms with E-state index in [1.807, 2.05) is 43.3 Å². The first kappa shape index (κ1) is 24.1.